The third-order valence-electron chi connectivity index (χ3n) is 12.5. The van der Waals surface area contributed by atoms with Gasteiger partial charge in [0.1, 0.15) is 22.7 Å². The summed E-state index contributed by atoms with van der Waals surface area (Å²) in [4.78, 5) is 18.9. The summed E-state index contributed by atoms with van der Waals surface area (Å²) in [6.45, 7) is 0. The number of aromatic nitrogens is 4. The van der Waals surface area contributed by atoms with Crippen molar-refractivity contribution in [2.45, 2.75) is 0 Å². The van der Waals surface area contributed by atoms with Gasteiger partial charge in [-0.25, -0.2) is 9.97 Å². The Hall–Kier alpha value is -6.17. The molecule has 8 bridgehead atoms. The minimum Gasteiger partial charge on any atom is -0.354 e. The standard InChI is InChI=1S/C56H62N8.Co/c1-61(2,3)41-21-13-37(14-22-41)53-45-29-31-47(57-45)54(38-15-23-42(24-16-38)62(4,5)6)49-33-35-51(59-49)56(40-19-27-44(28-20-40)64(10,11)12)52-36-34-50(60-52)55(48-32-30-46(53)58-48)39-17-25-43(26-18-39)63(7,8)9;/h13-36,57,60H,1-12H3;/q+4;. The predicted octanol–water partition coefficient (Wildman–Crippen LogP) is 12.1. The molecule has 0 fully saturated rings. The summed E-state index contributed by atoms with van der Waals surface area (Å²) in [5, 5.41) is 0. The number of aromatic amines is 2. The first-order chi connectivity index (χ1) is 30.2. The van der Waals surface area contributed by atoms with Crippen LogP contribution in [-0.2, 0) is 16.8 Å². The number of rotatable bonds is 8. The molecule has 2 aliphatic rings. The van der Waals surface area contributed by atoms with Gasteiger partial charge in [0.05, 0.1) is 107 Å². The van der Waals surface area contributed by atoms with E-state index < -0.39 is 0 Å². The van der Waals surface area contributed by atoms with Crippen molar-refractivity contribution in [1.29, 1.82) is 0 Å². The fraction of sp³-hybridized carbons (Fsp3) is 0.214. The first kappa shape index (κ1) is 45.4. The molecule has 7 aromatic rings. The van der Waals surface area contributed by atoms with Gasteiger partial charge >= 0.3 is 0 Å². The van der Waals surface area contributed by atoms with Crippen molar-refractivity contribution >= 4 is 69.1 Å². The second kappa shape index (κ2) is 16.7. The molecule has 2 aliphatic heterocycles. The van der Waals surface area contributed by atoms with Crippen LogP contribution in [0.15, 0.2) is 121 Å². The van der Waals surface area contributed by atoms with Crippen molar-refractivity contribution in [3.8, 4) is 44.5 Å². The number of hydrogen-bond donors (Lipinski definition) is 2. The molecule has 0 saturated heterocycles. The van der Waals surface area contributed by atoms with Crippen LogP contribution in [0, 0.1) is 0 Å². The van der Waals surface area contributed by atoms with Crippen LogP contribution in [-0.4, -0.2) is 105 Å². The molecule has 0 saturated carbocycles. The summed E-state index contributed by atoms with van der Waals surface area (Å²) in [6, 6.07) is 44.5. The van der Waals surface area contributed by atoms with Gasteiger partial charge in [-0.3, -0.25) is 17.9 Å². The van der Waals surface area contributed by atoms with Crippen LogP contribution in [0.3, 0.4) is 0 Å². The van der Waals surface area contributed by atoms with Gasteiger partial charge < -0.3 is 9.97 Å². The fourth-order valence-corrected chi connectivity index (χ4v) is 8.72. The molecule has 0 spiro atoms. The summed E-state index contributed by atoms with van der Waals surface area (Å²) in [6.07, 6.45) is 8.69. The van der Waals surface area contributed by atoms with Crippen LogP contribution in [0.2, 0.25) is 0 Å². The molecule has 0 unspecified atom stereocenters. The smallest absolute Gasteiger partial charge is 0.132 e. The minimum atomic E-state index is 0. The van der Waals surface area contributed by atoms with Crippen molar-refractivity contribution < 1.29 is 16.8 Å². The molecule has 9 heteroatoms. The van der Waals surface area contributed by atoms with Gasteiger partial charge in [-0.15, -0.1) is 0 Å². The Morgan fingerprint density at radius 2 is 0.462 bits per heavy atom. The summed E-state index contributed by atoms with van der Waals surface area (Å²) in [5.41, 5.74) is 20.9. The van der Waals surface area contributed by atoms with Crippen molar-refractivity contribution in [2.24, 2.45) is 0 Å². The Morgan fingerprint density at radius 1 is 0.277 bits per heavy atom. The first-order valence-corrected chi connectivity index (χ1v) is 22.1. The van der Waals surface area contributed by atoms with Crippen molar-refractivity contribution in [3.63, 3.8) is 0 Å². The van der Waals surface area contributed by atoms with Gasteiger partial charge in [0.25, 0.3) is 0 Å². The molecule has 1 radical (unpaired) electrons. The predicted molar refractivity (Wildman–Crippen MR) is 279 cm³/mol. The van der Waals surface area contributed by atoms with E-state index in [1.807, 2.05) is 0 Å². The molecule has 3 aromatic heterocycles. The molecule has 8 nitrogen and oxygen atoms in total. The molecule has 65 heavy (non-hydrogen) atoms. The van der Waals surface area contributed by atoms with Gasteiger partial charge in [0.15, 0.2) is 0 Å². The summed E-state index contributed by atoms with van der Waals surface area (Å²) >= 11 is 0. The maximum atomic E-state index is 5.54. The topological polar surface area (TPSA) is 57.4 Å². The Bertz CT molecular complexity index is 2720. The Balaban J connectivity index is 0.00000576. The van der Waals surface area contributed by atoms with E-state index >= 15 is 0 Å². The molecular formula is C56H62CoN8+4. The van der Waals surface area contributed by atoms with Gasteiger partial charge in [0.2, 0.25) is 0 Å². The second-order valence-electron chi connectivity index (χ2n) is 20.7. The molecule has 4 aromatic carbocycles. The number of quaternary nitrogens is 4. The summed E-state index contributed by atoms with van der Waals surface area (Å²) < 4.78 is 2.91. The number of nitrogens with zero attached hydrogens (tertiary/aromatic N) is 6. The van der Waals surface area contributed by atoms with Crippen molar-refractivity contribution in [1.82, 2.24) is 37.9 Å². The third-order valence-corrected chi connectivity index (χ3v) is 12.5. The third kappa shape index (κ3) is 8.96. The molecule has 0 aliphatic carbocycles. The molecule has 5 heterocycles. The van der Waals surface area contributed by atoms with Crippen LogP contribution in [0.4, 0.5) is 22.7 Å². The minimum absolute atomic E-state index is 0. The zero-order chi connectivity index (χ0) is 45.3. The van der Waals surface area contributed by atoms with E-state index in [4.69, 9.17) is 9.97 Å². The van der Waals surface area contributed by atoms with E-state index in [1.54, 1.807) is 0 Å². The maximum absolute atomic E-state index is 5.54. The zero-order valence-electron chi connectivity index (χ0n) is 39.9. The number of nitrogens with one attached hydrogen (secondary N) is 2. The Kier molecular flexibility index (Phi) is 11.6. The van der Waals surface area contributed by atoms with Crippen LogP contribution >= 0.6 is 0 Å². The van der Waals surface area contributed by atoms with Crippen LogP contribution in [0.25, 0.3) is 90.9 Å². The Labute approximate surface area is 395 Å². The molecule has 2 N–H and O–H groups in total. The van der Waals surface area contributed by atoms with Gasteiger partial charge in [-0.2, -0.15) is 0 Å². The largest absolute Gasteiger partial charge is 0.354 e. The van der Waals surface area contributed by atoms with E-state index in [2.05, 4.69) is 240 Å². The first-order valence-electron chi connectivity index (χ1n) is 22.1. The normalized spacial score (nSPS) is 13.0. The molecule has 0 amide bonds. The SMILES string of the molecule is C[N+](C)(C)c1ccc(-c2c3nc(c(-c4ccc([N+](C)(C)C)cc4)c4ccc([nH]4)c(-c4ccc([N+](C)(C)C)cc4)c4nc(c(-c5ccc([N+](C)(C)C)cc5)c5ccc2[nH]5)C=C4)C=C3)cc1.[Co]. The summed E-state index contributed by atoms with van der Waals surface area (Å²) in [7, 11) is 26.4. The van der Waals surface area contributed by atoms with E-state index in [0.29, 0.717) is 0 Å². The van der Waals surface area contributed by atoms with Crippen molar-refractivity contribution in [3.05, 3.63) is 144 Å². The molecule has 9 rings (SSSR count). The van der Waals surface area contributed by atoms with Gasteiger partial charge in [-0.05, 0) is 168 Å². The van der Waals surface area contributed by atoms with Gasteiger partial charge in [-0.1, -0.05) is 0 Å². The average Bonchev–Trinajstić information content (AvgIpc) is 4.08. The monoisotopic (exact) mass is 905 g/mol. The summed E-state index contributed by atoms with van der Waals surface area (Å²) in [5.74, 6) is 0. The van der Waals surface area contributed by atoms with E-state index in [9.17, 15) is 0 Å². The second-order valence-corrected chi connectivity index (χ2v) is 20.7. The number of H-pyrrole nitrogens is 2. The zero-order valence-corrected chi connectivity index (χ0v) is 40.9. The Morgan fingerprint density at radius 3 is 0.631 bits per heavy atom. The molecular weight excluding hydrogens is 844 g/mol. The average molecular weight is 906 g/mol. The van der Waals surface area contributed by atoms with E-state index in [1.165, 1.54) is 22.7 Å². The number of hydrogen-bond acceptors (Lipinski definition) is 2. The molecule has 0 atom stereocenters. The van der Waals surface area contributed by atoms with Crippen molar-refractivity contribution in [2.75, 3.05) is 84.6 Å². The van der Waals surface area contributed by atoms with Crippen LogP contribution < -0.4 is 17.9 Å². The van der Waals surface area contributed by atoms with E-state index in [0.717, 1.165) is 107 Å². The number of fused-ring (bicyclic) bond motifs is 8. The number of benzene rings is 4. The van der Waals surface area contributed by atoms with Crippen LogP contribution in [0.5, 0.6) is 0 Å². The molecule has 331 valence electrons. The van der Waals surface area contributed by atoms with Gasteiger partial charge in [0, 0.05) is 61.1 Å². The van der Waals surface area contributed by atoms with E-state index in [-0.39, 0.29) is 16.8 Å². The fourth-order valence-electron chi connectivity index (χ4n) is 8.72. The van der Waals surface area contributed by atoms with Crippen LogP contribution in [0.1, 0.15) is 22.8 Å². The quantitative estimate of drug-likeness (QED) is 0.149. The maximum Gasteiger partial charge on any atom is 0.132 e.